The van der Waals surface area contributed by atoms with Gasteiger partial charge in [-0.05, 0) is 36.8 Å². The smallest absolute Gasteiger partial charge is 0.337 e. The monoisotopic (exact) mass is 468 g/mol. The van der Waals surface area contributed by atoms with E-state index in [1.165, 1.54) is 0 Å². The summed E-state index contributed by atoms with van der Waals surface area (Å²) >= 11 is 0. The Morgan fingerprint density at radius 1 is 1.00 bits per heavy atom. The van der Waals surface area contributed by atoms with E-state index in [1.54, 1.807) is 42.5 Å². The van der Waals surface area contributed by atoms with Crippen molar-refractivity contribution in [1.82, 2.24) is 10.2 Å². The van der Waals surface area contributed by atoms with Crippen LogP contribution in [-0.4, -0.2) is 73.7 Å². The van der Waals surface area contributed by atoms with Crippen molar-refractivity contribution in [3.05, 3.63) is 54.1 Å². The topological polar surface area (TPSA) is 111 Å². The second kappa shape index (κ2) is 12.6. The van der Waals surface area contributed by atoms with Gasteiger partial charge in [-0.25, -0.2) is 4.79 Å². The Morgan fingerprint density at radius 3 is 2.41 bits per heavy atom. The van der Waals surface area contributed by atoms with E-state index in [-0.39, 0.29) is 23.8 Å². The SMILES string of the molecule is CCCCNC(=O)CN1CCN(c2ccc(NC(=O)COc3ccccc3)c(C(=O)O)c2)CC1. The van der Waals surface area contributed by atoms with E-state index >= 15 is 0 Å². The number of nitrogens with one attached hydrogen (secondary N) is 2. The van der Waals surface area contributed by atoms with Crippen molar-refractivity contribution in [2.45, 2.75) is 19.8 Å². The molecule has 2 aromatic rings. The molecule has 34 heavy (non-hydrogen) atoms. The predicted molar refractivity (Wildman–Crippen MR) is 131 cm³/mol. The fraction of sp³-hybridized carbons (Fsp3) is 0.400. The Bertz CT molecular complexity index is 975. The van der Waals surface area contributed by atoms with Gasteiger partial charge in [-0.15, -0.1) is 0 Å². The summed E-state index contributed by atoms with van der Waals surface area (Å²) in [7, 11) is 0. The highest BCUT2D eigenvalue weighted by Crippen LogP contribution is 2.25. The van der Waals surface area contributed by atoms with Crippen LogP contribution in [0.3, 0.4) is 0 Å². The van der Waals surface area contributed by atoms with Gasteiger partial charge >= 0.3 is 5.97 Å². The van der Waals surface area contributed by atoms with Crippen LogP contribution in [0.15, 0.2) is 48.5 Å². The zero-order valence-electron chi connectivity index (χ0n) is 19.5. The third-order valence-electron chi connectivity index (χ3n) is 5.58. The molecule has 9 nitrogen and oxygen atoms in total. The molecule has 1 saturated heterocycles. The van der Waals surface area contributed by atoms with Gasteiger partial charge in [0.2, 0.25) is 5.91 Å². The summed E-state index contributed by atoms with van der Waals surface area (Å²) < 4.78 is 5.42. The van der Waals surface area contributed by atoms with Crippen LogP contribution in [0.4, 0.5) is 11.4 Å². The summed E-state index contributed by atoms with van der Waals surface area (Å²) in [6.07, 6.45) is 2.02. The summed E-state index contributed by atoms with van der Waals surface area (Å²) in [5, 5.41) is 15.2. The second-order valence-corrected chi connectivity index (χ2v) is 8.15. The fourth-order valence-corrected chi connectivity index (χ4v) is 3.69. The van der Waals surface area contributed by atoms with Crippen molar-refractivity contribution >= 4 is 29.2 Å². The normalized spacial score (nSPS) is 13.9. The number of piperazine rings is 1. The highest BCUT2D eigenvalue weighted by molar-refractivity contribution is 6.01. The zero-order chi connectivity index (χ0) is 24.3. The average Bonchev–Trinajstić information content (AvgIpc) is 2.84. The van der Waals surface area contributed by atoms with Crippen molar-refractivity contribution in [2.24, 2.45) is 0 Å². The quantitative estimate of drug-likeness (QED) is 0.435. The van der Waals surface area contributed by atoms with Crippen molar-refractivity contribution in [1.29, 1.82) is 0 Å². The number of aromatic carboxylic acids is 1. The minimum absolute atomic E-state index is 0.0169. The Morgan fingerprint density at radius 2 is 1.74 bits per heavy atom. The lowest BCUT2D eigenvalue weighted by Gasteiger charge is -2.36. The van der Waals surface area contributed by atoms with Crippen molar-refractivity contribution in [3.63, 3.8) is 0 Å². The molecule has 1 heterocycles. The van der Waals surface area contributed by atoms with E-state index in [0.29, 0.717) is 45.0 Å². The number of carboxylic acids is 1. The minimum Gasteiger partial charge on any atom is -0.484 e. The molecule has 3 N–H and O–H groups in total. The van der Waals surface area contributed by atoms with Crippen LogP contribution in [0.5, 0.6) is 5.75 Å². The van der Waals surface area contributed by atoms with Crippen LogP contribution in [0.2, 0.25) is 0 Å². The maximum atomic E-state index is 12.3. The van der Waals surface area contributed by atoms with Gasteiger partial charge in [0.05, 0.1) is 17.8 Å². The summed E-state index contributed by atoms with van der Waals surface area (Å²) in [6, 6.07) is 13.9. The fourth-order valence-electron chi connectivity index (χ4n) is 3.69. The average molecular weight is 469 g/mol. The first-order chi connectivity index (χ1) is 16.5. The first kappa shape index (κ1) is 25.0. The molecule has 0 atom stereocenters. The molecule has 0 spiro atoms. The third kappa shape index (κ3) is 7.48. The largest absolute Gasteiger partial charge is 0.484 e. The first-order valence-electron chi connectivity index (χ1n) is 11.6. The van der Waals surface area contributed by atoms with Gasteiger partial charge in [-0.3, -0.25) is 14.5 Å². The predicted octanol–water partition coefficient (Wildman–Crippen LogP) is 2.44. The van der Waals surface area contributed by atoms with Crippen LogP contribution >= 0.6 is 0 Å². The summed E-state index contributed by atoms with van der Waals surface area (Å²) in [5.41, 5.74) is 1.01. The highest BCUT2D eigenvalue weighted by Gasteiger charge is 2.21. The van der Waals surface area contributed by atoms with Gasteiger partial charge in [0.1, 0.15) is 5.75 Å². The molecule has 182 valence electrons. The van der Waals surface area contributed by atoms with E-state index in [4.69, 9.17) is 4.74 Å². The molecule has 0 bridgehead atoms. The number of ether oxygens (including phenoxy) is 1. The van der Waals surface area contributed by atoms with Crippen LogP contribution in [0.25, 0.3) is 0 Å². The van der Waals surface area contributed by atoms with E-state index in [9.17, 15) is 19.5 Å². The Labute approximate surface area is 199 Å². The van der Waals surface area contributed by atoms with E-state index in [2.05, 4.69) is 27.4 Å². The van der Waals surface area contributed by atoms with Gasteiger partial charge in [0.15, 0.2) is 6.61 Å². The Balaban J connectivity index is 1.54. The molecule has 1 aliphatic heterocycles. The molecule has 2 aromatic carbocycles. The molecule has 0 aliphatic carbocycles. The number of anilines is 2. The Hall–Kier alpha value is -3.59. The standard InChI is InChI=1S/C25H32N4O5/c1-2-3-11-26-23(30)17-28-12-14-29(15-13-28)19-9-10-22(21(16-19)25(32)33)27-24(31)18-34-20-7-5-4-6-8-20/h4-10,16H,2-3,11-15,17-18H2,1H3,(H,26,30)(H,27,31)(H,32,33). The molecular weight excluding hydrogens is 436 g/mol. The van der Waals surface area contributed by atoms with Crippen molar-refractivity contribution in [2.75, 3.05) is 56.1 Å². The van der Waals surface area contributed by atoms with E-state index < -0.39 is 11.9 Å². The van der Waals surface area contributed by atoms with E-state index in [0.717, 1.165) is 18.5 Å². The first-order valence-corrected chi connectivity index (χ1v) is 11.6. The van der Waals surface area contributed by atoms with Gasteiger partial charge in [0, 0.05) is 38.4 Å². The third-order valence-corrected chi connectivity index (χ3v) is 5.58. The second-order valence-electron chi connectivity index (χ2n) is 8.15. The maximum Gasteiger partial charge on any atom is 0.337 e. The van der Waals surface area contributed by atoms with Crippen LogP contribution in [-0.2, 0) is 9.59 Å². The molecular formula is C25H32N4O5. The number of unbranched alkanes of at least 4 members (excludes halogenated alkanes) is 1. The maximum absolute atomic E-state index is 12.3. The lowest BCUT2D eigenvalue weighted by molar-refractivity contribution is -0.122. The van der Waals surface area contributed by atoms with Crippen LogP contribution < -0.4 is 20.3 Å². The number of carboxylic acid groups (broad SMARTS) is 1. The summed E-state index contributed by atoms with van der Waals surface area (Å²) in [4.78, 5) is 40.3. The van der Waals surface area contributed by atoms with Gasteiger partial charge in [-0.2, -0.15) is 0 Å². The Kier molecular flexibility index (Phi) is 9.28. The van der Waals surface area contributed by atoms with E-state index in [1.807, 2.05) is 6.07 Å². The molecule has 0 saturated carbocycles. The zero-order valence-corrected chi connectivity index (χ0v) is 19.5. The summed E-state index contributed by atoms with van der Waals surface area (Å²) in [6.45, 7) is 5.71. The highest BCUT2D eigenvalue weighted by atomic mass is 16.5. The number of hydrogen-bond donors (Lipinski definition) is 3. The molecule has 2 amide bonds. The van der Waals surface area contributed by atoms with Crippen LogP contribution in [0, 0.1) is 0 Å². The molecule has 1 aliphatic rings. The van der Waals surface area contributed by atoms with Gasteiger partial charge in [0.25, 0.3) is 5.91 Å². The molecule has 0 aromatic heterocycles. The van der Waals surface area contributed by atoms with Gasteiger partial charge < -0.3 is 25.4 Å². The van der Waals surface area contributed by atoms with Crippen LogP contribution in [0.1, 0.15) is 30.1 Å². The molecule has 3 rings (SSSR count). The summed E-state index contributed by atoms with van der Waals surface area (Å²) in [5.74, 6) is -0.969. The number of hydrogen-bond acceptors (Lipinski definition) is 6. The number of amides is 2. The van der Waals surface area contributed by atoms with Gasteiger partial charge in [-0.1, -0.05) is 31.5 Å². The molecule has 0 unspecified atom stereocenters. The number of carbonyl (C=O) groups excluding carboxylic acids is 2. The van der Waals surface area contributed by atoms with Crippen molar-refractivity contribution < 1.29 is 24.2 Å². The molecule has 9 heteroatoms. The molecule has 0 radical (unpaired) electrons. The number of nitrogens with zero attached hydrogens (tertiary/aromatic N) is 2. The minimum atomic E-state index is -1.12. The number of carbonyl (C=O) groups is 3. The molecule has 1 fully saturated rings. The number of rotatable bonds is 11. The lowest BCUT2D eigenvalue weighted by Crippen LogP contribution is -2.49. The van der Waals surface area contributed by atoms with Crippen molar-refractivity contribution in [3.8, 4) is 5.75 Å². The lowest BCUT2D eigenvalue weighted by atomic mass is 10.1. The number of para-hydroxylation sites is 1. The number of benzene rings is 2.